The zero-order valence-electron chi connectivity index (χ0n) is 14.4. The van der Waals surface area contributed by atoms with Gasteiger partial charge in [0, 0.05) is 18.8 Å². The standard InChI is InChI=1S/C20H19FN2O2/c1-13(2)23-19(24)17(14-9-11-15(21)12-10-14)18(20(23)25)22(3)16-7-5-4-6-8-16/h4-13H,1-3H3. The van der Waals surface area contributed by atoms with Crippen LogP contribution in [-0.4, -0.2) is 29.8 Å². The van der Waals surface area contributed by atoms with E-state index in [-0.39, 0.29) is 23.7 Å². The van der Waals surface area contributed by atoms with Crippen molar-refractivity contribution >= 4 is 23.1 Å². The molecule has 0 fully saturated rings. The van der Waals surface area contributed by atoms with Crippen molar-refractivity contribution in [2.45, 2.75) is 19.9 Å². The normalized spacial score (nSPS) is 14.7. The van der Waals surface area contributed by atoms with Gasteiger partial charge in [-0.05, 0) is 43.7 Å². The van der Waals surface area contributed by atoms with E-state index < -0.39 is 0 Å². The van der Waals surface area contributed by atoms with E-state index in [9.17, 15) is 14.0 Å². The van der Waals surface area contributed by atoms with Crippen LogP contribution in [0.5, 0.6) is 0 Å². The molecule has 0 unspecified atom stereocenters. The SMILES string of the molecule is CC(C)N1C(=O)C(c2ccc(F)cc2)=C(N(C)c2ccccc2)C1=O. The highest BCUT2D eigenvalue weighted by atomic mass is 19.1. The van der Waals surface area contributed by atoms with Gasteiger partial charge < -0.3 is 4.90 Å². The van der Waals surface area contributed by atoms with Crippen LogP contribution in [0.2, 0.25) is 0 Å². The average molecular weight is 338 g/mol. The van der Waals surface area contributed by atoms with Gasteiger partial charge in [0.15, 0.2) is 0 Å². The lowest BCUT2D eigenvalue weighted by atomic mass is 10.0. The Morgan fingerprint density at radius 2 is 1.52 bits per heavy atom. The molecular weight excluding hydrogens is 319 g/mol. The molecule has 0 atom stereocenters. The molecular formula is C20H19FN2O2. The molecule has 0 spiro atoms. The minimum Gasteiger partial charge on any atom is -0.339 e. The fourth-order valence-electron chi connectivity index (χ4n) is 2.97. The van der Waals surface area contributed by atoms with E-state index in [0.717, 1.165) is 5.69 Å². The van der Waals surface area contributed by atoms with Crippen molar-refractivity contribution in [1.82, 2.24) is 4.90 Å². The number of amides is 2. The Bertz CT molecular complexity index is 842. The average Bonchev–Trinajstić information content (AvgIpc) is 2.86. The summed E-state index contributed by atoms with van der Waals surface area (Å²) in [5, 5.41) is 0. The second-order valence-electron chi connectivity index (χ2n) is 6.20. The van der Waals surface area contributed by atoms with E-state index in [0.29, 0.717) is 16.8 Å². The highest BCUT2D eigenvalue weighted by Crippen LogP contribution is 2.34. The van der Waals surface area contributed by atoms with Gasteiger partial charge in [0.1, 0.15) is 11.5 Å². The summed E-state index contributed by atoms with van der Waals surface area (Å²) >= 11 is 0. The van der Waals surface area contributed by atoms with Gasteiger partial charge in [0.25, 0.3) is 11.8 Å². The van der Waals surface area contributed by atoms with Gasteiger partial charge in [-0.15, -0.1) is 0 Å². The Balaban J connectivity index is 2.17. The first-order valence-electron chi connectivity index (χ1n) is 8.08. The van der Waals surface area contributed by atoms with Crippen LogP contribution >= 0.6 is 0 Å². The minimum absolute atomic E-state index is 0.267. The first kappa shape index (κ1) is 16.9. The molecule has 25 heavy (non-hydrogen) atoms. The van der Waals surface area contributed by atoms with Gasteiger partial charge in [-0.2, -0.15) is 0 Å². The van der Waals surface area contributed by atoms with Crippen LogP contribution < -0.4 is 4.90 Å². The number of benzene rings is 2. The van der Waals surface area contributed by atoms with E-state index in [2.05, 4.69) is 0 Å². The Kier molecular flexibility index (Phi) is 4.40. The van der Waals surface area contributed by atoms with E-state index in [1.165, 1.54) is 29.2 Å². The quantitative estimate of drug-likeness (QED) is 0.802. The van der Waals surface area contributed by atoms with Crippen LogP contribution in [0.1, 0.15) is 19.4 Å². The number of hydrogen-bond acceptors (Lipinski definition) is 3. The van der Waals surface area contributed by atoms with Crippen LogP contribution in [0.15, 0.2) is 60.3 Å². The molecule has 2 aromatic carbocycles. The van der Waals surface area contributed by atoms with E-state index >= 15 is 0 Å². The van der Waals surface area contributed by atoms with Gasteiger partial charge in [0.2, 0.25) is 0 Å². The molecule has 4 nitrogen and oxygen atoms in total. The molecule has 1 heterocycles. The third kappa shape index (κ3) is 2.93. The second kappa shape index (κ2) is 6.51. The summed E-state index contributed by atoms with van der Waals surface area (Å²) in [7, 11) is 1.75. The zero-order chi connectivity index (χ0) is 18.1. The van der Waals surface area contributed by atoms with Crippen LogP contribution in [0.4, 0.5) is 10.1 Å². The maximum absolute atomic E-state index is 13.3. The number of nitrogens with zero attached hydrogens (tertiary/aromatic N) is 2. The van der Waals surface area contributed by atoms with Crippen molar-refractivity contribution in [3.63, 3.8) is 0 Å². The summed E-state index contributed by atoms with van der Waals surface area (Å²) in [4.78, 5) is 28.8. The first-order chi connectivity index (χ1) is 11.9. The van der Waals surface area contributed by atoms with Gasteiger partial charge >= 0.3 is 0 Å². The Hall–Kier alpha value is -2.95. The van der Waals surface area contributed by atoms with Crippen molar-refractivity contribution in [3.05, 3.63) is 71.7 Å². The number of likely N-dealkylation sites (N-methyl/N-ethyl adjacent to an activating group) is 1. The number of carbonyl (C=O) groups excluding carboxylic acids is 2. The van der Waals surface area contributed by atoms with Crippen molar-refractivity contribution in [3.8, 4) is 0 Å². The predicted octanol–water partition coefficient (Wildman–Crippen LogP) is 3.45. The highest BCUT2D eigenvalue weighted by Gasteiger charge is 2.42. The molecule has 0 bridgehead atoms. The highest BCUT2D eigenvalue weighted by molar-refractivity contribution is 6.36. The van der Waals surface area contributed by atoms with Gasteiger partial charge in [0.05, 0.1) is 5.57 Å². The molecule has 0 aromatic heterocycles. The van der Waals surface area contributed by atoms with Gasteiger partial charge in [-0.25, -0.2) is 4.39 Å². The molecule has 2 amide bonds. The largest absolute Gasteiger partial charge is 0.339 e. The van der Waals surface area contributed by atoms with Crippen LogP contribution in [-0.2, 0) is 9.59 Å². The van der Waals surface area contributed by atoms with E-state index in [4.69, 9.17) is 0 Å². The molecule has 5 heteroatoms. The lowest BCUT2D eigenvalue weighted by molar-refractivity contribution is -0.138. The van der Waals surface area contributed by atoms with Crippen LogP contribution in [0.25, 0.3) is 5.57 Å². The minimum atomic E-state index is -0.389. The smallest absolute Gasteiger partial charge is 0.278 e. The summed E-state index contributed by atoms with van der Waals surface area (Å²) in [5.41, 5.74) is 1.92. The molecule has 0 aliphatic carbocycles. The summed E-state index contributed by atoms with van der Waals surface area (Å²) in [6, 6.07) is 14.7. The summed E-state index contributed by atoms with van der Waals surface area (Å²) in [6.07, 6.45) is 0. The van der Waals surface area contributed by atoms with Crippen molar-refractivity contribution in [1.29, 1.82) is 0 Å². The third-order valence-corrected chi connectivity index (χ3v) is 4.22. The first-order valence-corrected chi connectivity index (χ1v) is 8.08. The molecule has 1 aliphatic rings. The van der Waals surface area contributed by atoms with E-state index in [1.807, 2.05) is 30.3 Å². The summed E-state index contributed by atoms with van der Waals surface area (Å²) in [5.74, 6) is -1.09. The van der Waals surface area contributed by atoms with Crippen molar-refractivity contribution in [2.24, 2.45) is 0 Å². The lowest BCUT2D eigenvalue weighted by Crippen LogP contribution is -2.39. The molecule has 128 valence electrons. The lowest BCUT2D eigenvalue weighted by Gasteiger charge is -2.23. The Morgan fingerprint density at radius 1 is 0.920 bits per heavy atom. The van der Waals surface area contributed by atoms with Gasteiger partial charge in [-0.1, -0.05) is 30.3 Å². The summed E-state index contributed by atoms with van der Waals surface area (Å²) in [6.45, 7) is 3.59. The molecule has 2 aromatic rings. The molecule has 0 N–H and O–H groups in total. The predicted molar refractivity (Wildman–Crippen MR) is 95.2 cm³/mol. The molecule has 1 aliphatic heterocycles. The van der Waals surface area contributed by atoms with E-state index in [1.54, 1.807) is 25.8 Å². The summed E-state index contributed by atoms with van der Waals surface area (Å²) < 4.78 is 13.3. The number of rotatable bonds is 4. The van der Waals surface area contributed by atoms with Crippen molar-refractivity contribution < 1.29 is 14.0 Å². The van der Waals surface area contributed by atoms with Crippen LogP contribution in [0.3, 0.4) is 0 Å². The number of halogens is 1. The number of carbonyl (C=O) groups is 2. The number of hydrogen-bond donors (Lipinski definition) is 0. The fraction of sp³-hybridized carbons (Fsp3) is 0.200. The van der Waals surface area contributed by atoms with Crippen LogP contribution in [0, 0.1) is 5.82 Å². The molecule has 3 rings (SSSR count). The Labute approximate surface area is 146 Å². The molecule has 0 radical (unpaired) electrons. The third-order valence-electron chi connectivity index (χ3n) is 4.22. The van der Waals surface area contributed by atoms with Gasteiger partial charge in [-0.3, -0.25) is 14.5 Å². The second-order valence-corrected chi connectivity index (χ2v) is 6.20. The number of anilines is 1. The number of para-hydroxylation sites is 1. The zero-order valence-corrected chi connectivity index (χ0v) is 14.4. The molecule has 0 saturated heterocycles. The Morgan fingerprint density at radius 3 is 2.08 bits per heavy atom. The topological polar surface area (TPSA) is 40.6 Å². The maximum atomic E-state index is 13.3. The fourth-order valence-corrected chi connectivity index (χ4v) is 2.97. The monoisotopic (exact) mass is 338 g/mol. The molecule has 0 saturated carbocycles. The maximum Gasteiger partial charge on any atom is 0.278 e. The number of imide groups is 1. The van der Waals surface area contributed by atoms with Crippen molar-refractivity contribution in [2.75, 3.05) is 11.9 Å².